The van der Waals surface area contributed by atoms with E-state index < -0.39 is 0 Å². The molecule has 2 aliphatic rings. The highest BCUT2D eigenvalue weighted by Gasteiger charge is 2.35. The van der Waals surface area contributed by atoms with Gasteiger partial charge in [-0.05, 0) is 81.8 Å². The zero-order valence-corrected chi connectivity index (χ0v) is 21.2. The second-order valence-corrected chi connectivity index (χ2v) is 10.7. The van der Waals surface area contributed by atoms with Gasteiger partial charge in [0.15, 0.2) is 0 Å². The number of rotatable bonds is 6. The summed E-state index contributed by atoms with van der Waals surface area (Å²) >= 11 is 5.40. The maximum atomic E-state index is 12.3. The largest absolute Gasteiger partial charge is 0.466 e. The van der Waals surface area contributed by atoms with Crippen LogP contribution in [0.25, 0.3) is 0 Å². The van der Waals surface area contributed by atoms with E-state index in [1.165, 1.54) is 34.4 Å². The van der Waals surface area contributed by atoms with Gasteiger partial charge in [-0.2, -0.15) is 0 Å². The van der Waals surface area contributed by atoms with Crippen molar-refractivity contribution in [2.75, 3.05) is 25.0 Å². The molecule has 1 amide bonds. The van der Waals surface area contributed by atoms with Crippen LogP contribution in [-0.4, -0.2) is 36.5 Å². The van der Waals surface area contributed by atoms with E-state index in [-0.39, 0.29) is 23.8 Å². The van der Waals surface area contributed by atoms with Crippen LogP contribution in [0.3, 0.4) is 0 Å². The van der Waals surface area contributed by atoms with Gasteiger partial charge >= 0.3 is 5.97 Å². The van der Waals surface area contributed by atoms with E-state index in [1.807, 2.05) is 13.0 Å². The van der Waals surface area contributed by atoms with E-state index in [1.54, 1.807) is 18.3 Å². The summed E-state index contributed by atoms with van der Waals surface area (Å²) in [6.45, 7) is 5.53. The van der Waals surface area contributed by atoms with Crippen LogP contribution in [0.4, 0.5) is 5.00 Å². The summed E-state index contributed by atoms with van der Waals surface area (Å²) in [7, 11) is 0. The first-order chi connectivity index (χ1) is 15.5. The number of likely N-dealkylation sites (tertiary alicyclic amines) is 1. The van der Waals surface area contributed by atoms with E-state index >= 15 is 0 Å². The number of esters is 1. The summed E-state index contributed by atoms with van der Waals surface area (Å²) in [6.07, 6.45) is 6.13. The summed E-state index contributed by atoms with van der Waals surface area (Å²) in [5.74, 6) is -0.127. The molecule has 0 spiro atoms. The van der Waals surface area contributed by atoms with E-state index in [4.69, 9.17) is 4.74 Å². The monoisotopic (exact) mass is 518 g/mol. The fourth-order valence-electron chi connectivity index (χ4n) is 5.02. The number of ether oxygens (including phenoxy) is 1. The molecule has 1 unspecified atom stereocenters. The Hall–Kier alpha value is -1.70. The number of piperidine rings is 1. The molecule has 5 nitrogen and oxygen atoms in total. The SMILES string of the molecule is CCOC(=O)C1CCN(C(c2cccc(Br)c2)c2c(NC(C)=O)sc3c2CCCC3)CC1. The van der Waals surface area contributed by atoms with Gasteiger partial charge in [-0.1, -0.05) is 28.1 Å². The zero-order chi connectivity index (χ0) is 22.7. The second kappa shape index (κ2) is 10.5. The van der Waals surface area contributed by atoms with E-state index in [2.05, 4.69) is 44.3 Å². The van der Waals surface area contributed by atoms with E-state index in [0.29, 0.717) is 6.61 Å². The number of hydrogen-bond donors (Lipinski definition) is 1. The molecule has 1 aromatic carbocycles. The highest BCUT2D eigenvalue weighted by molar-refractivity contribution is 9.10. The number of aryl methyl sites for hydroxylation is 1. The Morgan fingerprint density at radius 1 is 1.25 bits per heavy atom. The molecule has 7 heteroatoms. The molecule has 0 bridgehead atoms. The van der Waals surface area contributed by atoms with Gasteiger partial charge in [0, 0.05) is 21.8 Å². The number of benzene rings is 1. The number of nitrogens with zero attached hydrogens (tertiary/aromatic N) is 1. The number of halogens is 1. The van der Waals surface area contributed by atoms with Crippen LogP contribution in [0.1, 0.15) is 67.1 Å². The lowest BCUT2D eigenvalue weighted by Gasteiger charge is -2.38. The van der Waals surface area contributed by atoms with Crippen molar-refractivity contribution in [3.8, 4) is 0 Å². The van der Waals surface area contributed by atoms with Crippen LogP contribution in [0.15, 0.2) is 28.7 Å². The number of carbonyl (C=O) groups excluding carboxylic acids is 2. The summed E-state index contributed by atoms with van der Waals surface area (Å²) < 4.78 is 6.33. The lowest BCUT2D eigenvalue weighted by atomic mass is 9.87. The van der Waals surface area contributed by atoms with Gasteiger partial charge in [0.1, 0.15) is 5.00 Å². The maximum absolute atomic E-state index is 12.3. The van der Waals surface area contributed by atoms with Crippen LogP contribution in [0, 0.1) is 5.92 Å². The first-order valence-corrected chi connectivity index (χ1v) is 13.2. The minimum Gasteiger partial charge on any atom is -0.466 e. The molecule has 2 heterocycles. The highest BCUT2D eigenvalue weighted by Crippen LogP contribution is 2.46. The third-order valence-corrected chi connectivity index (χ3v) is 8.17. The average Bonchev–Trinajstić information content (AvgIpc) is 3.12. The lowest BCUT2D eigenvalue weighted by molar-refractivity contribution is -0.149. The van der Waals surface area contributed by atoms with Gasteiger partial charge in [-0.25, -0.2) is 0 Å². The zero-order valence-electron chi connectivity index (χ0n) is 18.8. The minimum absolute atomic E-state index is 0.0273. The van der Waals surface area contributed by atoms with Crippen molar-refractivity contribution in [1.29, 1.82) is 0 Å². The van der Waals surface area contributed by atoms with E-state index in [0.717, 1.165) is 48.2 Å². The minimum atomic E-state index is -0.0713. The van der Waals surface area contributed by atoms with Gasteiger partial charge in [0.05, 0.1) is 18.6 Å². The molecule has 2 aromatic rings. The topological polar surface area (TPSA) is 58.6 Å². The lowest BCUT2D eigenvalue weighted by Crippen LogP contribution is -2.40. The van der Waals surface area contributed by atoms with Gasteiger partial charge in [-0.15, -0.1) is 11.3 Å². The third-order valence-electron chi connectivity index (χ3n) is 6.45. The van der Waals surface area contributed by atoms with Crippen LogP contribution in [0.2, 0.25) is 0 Å². The Kier molecular flexibility index (Phi) is 7.69. The molecule has 0 saturated carbocycles. The van der Waals surface area contributed by atoms with Crippen molar-refractivity contribution >= 4 is 44.1 Å². The molecule has 1 fully saturated rings. The summed E-state index contributed by atoms with van der Waals surface area (Å²) in [5.41, 5.74) is 3.89. The maximum Gasteiger partial charge on any atom is 0.309 e. The fraction of sp³-hybridized carbons (Fsp3) is 0.520. The third kappa shape index (κ3) is 5.10. The van der Waals surface area contributed by atoms with Crippen molar-refractivity contribution in [3.05, 3.63) is 50.3 Å². The van der Waals surface area contributed by atoms with Crippen molar-refractivity contribution in [1.82, 2.24) is 4.90 Å². The molecule has 1 saturated heterocycles. The summed E-state index contributed by atoms with van der Waals surface area (Å²) in [5, 5.41) is 4.13. The number of amides is 1. The predicted molar refractivity (Wildman–Crippen MR) is 132 cm³/mol. The molecular formula is C25H31BrN2O3S. The van der Waals surface area contributed by atoms with Crippen molar-refractivity contribution in [2.45, 2.75) is 58.4 Å². The number of hydrogen-bond acceptors (Lipinski definition) is 5. The molecule has 1 aliphatic carbocycles. The van der Waals surface area contributed by atoms with Crippen molar-refractivity contribution in [2.24, 2.45) is 5.92 Å². The Bertz CT molecular complexity index is 982. The van der Waals surface area contributed by atoms with Crippen molar-refractivity contribution in [3.63, 3.8) is 0 Å². The molecule has 172 valence electrons. The number of thiophene rings is 1. The van der Waals surface area contributed by atoms with Crippen LogP contribution < -0.4 is 5.32 Å². The molecule has 1 N–H and O–H groups in total. The van der Waals surface area contributed by atoms with Gasteiger partial charge in [-0.3, -0.25) is 14.5 Å². The Morgan fingerprint density at radius 3 is 2.69 bits per heavy atom. The molecule has 4 rings (SSSR count). The smallest absolute Gasteiger partial charge is 0.309 e. The number of carbonyl (C=O) groups is 2. The van der Waals surface area contributed by atoms with Crippen LogP contribution >= 0.6 is 27.3 Å². The molecule has 32 heavy (non-hydrogen) atoms. The molecule has 0 radical (unpaired) electrons. The molecule has 1 atom stereocenters. The average molecular weight is 520 g/mol. The van der Waals surface area contributed by atoms with Crippen molar-refractivity contribution < 1.29 is 14.3 Å². The van der Waals surface area contributed by atoms with E-state index in [9.17, 15) is 9.59 Å². The first-order valence-electron chi connectivity index (χ1n) is 11.6. The standard InChI is InChI=1S/C25H31BrN2O3S/c1-3-31-25(30)17-11-13-28(14-12-17)23(18-7-6-8-19(26)15-18)22-20-9-4-5-10-21(20)32-24(22)27-16(2)29/h6-8,15,17,23H,3-5,9-14H2,1-2H3,(H,27,29). The Labute approximate surface area is 202 Å². The van der Waals surface area contributed by atoms with Crippen LogP contribution in [0.5, 0.6) is 0 Å². The normalized spacial score (nSPS) is 18.1. The Morgan fingerprint density at radius 2 is 2.00 bits per heavy atom. The molecule has 1 aromatic heterocycles. The number of fused-ring (bicyclic) bond motifs is 1. The summed E-state index contributed by atoms with van der Waals surface area (Å²) in [4.78, 5) is 28.3. The predicted octanol–water partition coefficient (Wildman–Crippen LogP) is 5.71. The molecular weight excluding hydrogens is 488 g/mol. The van der Waals surface area contributed by atoms with Gasteiger partial charge < -0.3 is 10.1 Å². The summed E-state index contributed by atoms with van der Waals surface area (Å²) in [6, 6.07) is 8.54. The van der Waals surface area contributed by atoms with Gasteiger partial charge in [0.25, 0.3) is 0 Å². The number of anilines is 1. The second-order valence-electron chi connectivity index (χ2n) is 8.65. The number of nitrogens with one attached hydrogen (secondary N) is 1. The first kappa shape index (κ1) is 23.5. The fourth-order valence-corrected chi connectivity index (χ4v) is 6.81. The molecule has 1 aliphatic heterocycles. The van der Waals surface area contributed by atoms with Gasteiger partial charge in [0.2, 0.25) is 5.91 Å². The highest BCUT2D eigenvalue weighted by atomic mass is 79.9. The van der Waals surface area contributed by atoms with Crippen LogP contribution in [-0.2, 0) is 27.2 Å². The quantitative estimate of drug-likeness (QED) is 0.497. The Balaban J connectivity index is 1.73.